The third kappa shape index (κ3) is 3.16. The Bertz CT molecular complexity index is 347. The van der Waals surface area contributed by atoms with Gasteiger partial charge in [0, 0.05) is 12.8 Å². The summed E-state index contributed by atoms with van der Waals surface area (Å²) in [7, 11) is 1.15. The van der Waals surface area contributed by atoms with Gasteiger partial charge in [0.1, 0.15) is 0 Å². The summed E-state index contributed by atoms with van der Waals surface area (Å²) in [6, 6.07) is 0. The average Bonchev–Trinajstić information content (AvgIpc) is 2.20. The van der Waals surface area contributed by atoms with Crippen LogP contribution < -0.4 is 5.32 Å². The lowest BCUT2D eigenvalue weighted by Crippen LogP contribution is -2.21. The summed E-state index contributed by atoms with van der Waals surface area (Å²) < 4.78 is 4.43. The molecule has 0 saturated carbocycles. The second kappa shape index (κ2) is 6.02. The first kappa shape index (κ1) is 12.4. The molecule has 1 heterocycles. The molecule has 1 rings (SSSR count). The number of hydrogen-bond donors (Lipinski definition) is 2. The number of carboxylic acids is 1. The molecular weight excluding hydrogens is 212 g/mol. The number of hydrogen-bond acceptors (Lipinski definition) is 5. The molecule has 0 radical (unpaired) electrons. The summed E-state index contributed by atoms with van der Waals surface area (Å²) >= 11 is 0. The zero-order valence-corrected chi connectivity index (χ0v) is 9.02. The molecule has 0 aromatic carbocycles. The molecule has 0 aliphatic carbocycles. The van der Waals surface area contributed by atoms with Crippen LogP contribution in [0.15, 0.2) is 16.3 Å². The van der Waals surface area contributed by atoms with Crippen molar-refractivity contribution in [1.29, 1.82) is 0 Å². The summed E-state index contributed by atoms with van der Waals surface area (Å²) in [6.45, 7) is 1.33. The van der Waals surface area contributed by atoms with Gasteiger partial charge in [0.05, 0.1) is 12.8 Å². The summed E-state index contributed by atoms with van der Waals surface area (Å²) in [5, 5.41) is 12.0. The van der Waals surface area contributed by atoms with Gasteiger partial charge in [-0.25, -0.2) is 9.59 Å². The highest BCUT2D eigenvalue weighted by atomic mass is 16.5. The molecule has 2 N–H and O–H groups in total. The fourth-order valence-electron chi connectivity index (χ4n) is 1.39. The molecule has 0 unspecified atom stereocenters. The first-order valence-corrected chi connectivity index (χ1v) is 4.94. The molecule has 6 heteroatoms. The van der Waals surface area contributed by atoms with Gasteiger partial charge in [-0.05, 0) is 19.4 Å². The summed E-state index contributed by atoms with van der Waals surface area (Å²) in [5.74, 6) is -2.15. The minimum atomic E-state index is -1.30. The zero-order chi connectivity index (χ0) is 12.0. The maximum atomic E-state index is 11.3. The molecule has 0 bridgehead atoms. The number of nitrogens with zero attached hydrogens (tertiary/aromatic N) is 1. The summed E-state index contributed by atoms with van der Waals surface area (Å²) in [6.07, 6.45) is 2.74. The van der Waals surface area contributed by atoms with Crippen LogP contribution in [0.3, 0.4) is 0 Å². The Kier molecular flexibility index (Phi) is 4.65. The van der Waals surface area contributed by atoms with Gasteiger partial charge >= 0.3 is 11.9 Å². The summed E-state index contributed by atoms with van der Waals surface area (Å²) in [5.41, 5.74) is -0.0958. The van der Waals surface area contributed by atoms with Crippen LogP contribution in [0.25, 0.3) is 0 Å². The number of aliphatic carboxylic acids is 1. The van der Waals surface area contributed by atoms with Crippen LogP contribution >= 0.6 is 0 Å². The highest BCUT2D eigenvalue weighted by molar-refractivity contribution is 6.14. The van der Waals surface area contributed by atoms with Gasteiger partial charge in [-0.1, -0.05) is 0 Å². The number of carboxylic acid groups (broad SMARTS) is 1. The van der Waals surface area contributed by atoms with Gasteiger partial charge in [0.25, 0.3) is 0 Å². The van der Waals surface area contributed by atoms with Crippen molar-refractivity contribution in [3.8, 4) is 0 Å². The molecule has 0 amide bonds. The Hall–Kier alpha value is -1.69. The lowest BCUT2D eigenvalue weighted by molar-refractivity contribution is -0.142. The molecule has 6 nitrogen and oxygen atoms in total. The maximum Gasteiger partial charge on any atom is 0.347 e. The quantitative estimate of drug-likeness (QED) is 0.298. The molecule has 1 aliphatic rings. The van der Waals surface area contributed by atoms with Crippen molar-refractivity contribution in [2.75, 3.05) is 20.2 Å². The first-order chi connectivity index (χ1) is 7.66. The van der Waals surface area contributed by atoms with E-state index in [1.54, 1.807) is 6.21 Å². The third-order valence-corrected chi connectivity index (χ3v) is 2.14. The van der Waals surface area contributed by atoms with Crippen LogP contribution in [0.1, 0.15) is 12.8 Å². The van der Waals surface area contributed by atoms with E-state index >= 15 is 0 Å². The second-order valence-corrected chi connectivity index (χ2v) is 3.24. The largest absolute Gasteiger partial charge is 0.477 e. The minimum absolute atomic E-state index is 0.279. The number of methoxy groups -OCH3 is 1. The number of nitrogens with one attached hydrogen (secondary N) is 1. The van der Waals surface area contributed by atoms with E-state index in [0.29, 0.717) is 13.0 Å². The van der Waals surface area contributed by atoms with Gasteiger partial charge in [-0.15, -0.1) is 0 Å². The number of ether oxygens (including phenoxy) is 1. The van der Waals surface area contributed by atoms with Crippen molar-refractivity contribution in [3.05, 3.63) is 11.3 Å². The average molecular weight is 226 g/mol. The molecule has 88 valence electrons. The van der Waals surface area contributed by atoms with Crippen molar-refractivity contribution in [2.24, 2.45) is 4.99 Å². The first-order valence-electron chi connectivity index (χ1n) is 4.94. The lowest BCUT2D eigenvalue weighted by Gasteiger charge is -2.10. The van der Waals surface area contributed by atoms with Gasteiger partial charge in [0.2, 0.25) is 0 Å². The van der Waals surface area contributed by atoms with E-state index in [-0.39, 0.29) is 11.3 Å². The van der Waals surface area contributed by atoms with Crippen LogP contribution in [0.4, 0.5) is 0 Å². The molecule has 16 heavy (non-hydrogen) atoms. The Labute approximate surface area is 93.0 Å². The van der Waals surface area contributed by atoms with Gasteiger partial charge in [0.15, 0.2) is 5.57 Å². The SMILES string of the molecule is COC(=O)C(C(=O)O)=C1CCCNCC=N1. The number of carbonyl (C=O) groups is 2. The predicted octanol–water partition coefficient (Wildman–Crippen LogP) is -0.0477. The molecule has 0 saturated heterocycles. The van der Waals surface area contributed by atoms with Gasteiger partial charge < -0.3 is 15.2 Å². The number of aliphatic imine (C=N–C) groups is 1. The highest BCUT2D eigenvalue weighted by Crippen LogP contribution is 2.15. The van der Waals surface area contributed by atoms with Crippen LogP contribution in [-0.2, 0) is 14.3 Å². The van der Waals surface area contributed by atoms with Crippen LogP contribution in [0.2, 0.25) is 0 Å². The van der Waals surface area contributed by atoms with Crippen molar-refractivity contribution in [1.82, 2.24) is 5.32 Å². The monoisotopic (exact) mass is 226 g/mol. The van der Waals surface area contributed by atoms with Crippen molar-refractivity contribution < 1.29 is 19.4 Å². The van der Waals surface area contributed by atoms with E-state index in [1.807, 2.05) is 0 Å². The Morgan fingerprint density at radius 1 is 1.56 bits per heavy atom. The van der Waals surface area contributed by atoms with Crippen molar-refractivity contribution in [2.45, 2.75) is 12.8 Å². The number of rotatable bonds is 2. The van der Waals surface area contributed by atoms with Crippen molar-refractivity contribution >= 4 is 18.2 Å². The Morgan fingerprint density at radius 2 is 2.31 bits per heavy atom. The van der Waals surface area contributed by atoms with Gasteiger partial charge in [-0.2, -0.15) is 0 Å². The van der Waals surface area contributed by atoms with E-state index in [2.05, 4.69) is 15.0 Å². The number of carbonyl (C=O) groups excluding carboxylic acids is 1. The van der Waals surface area contributed by atoms with Crippen molar-refractivity contribution in [3.63, 3.8) is 0 Å². The molecule has 0 fully saturated rings. The smallest absolute Gasteiger partial charge is 0.347 e. The molecule has 0 atom stereocenters. The van der Waals surface area contributed by atoms with Gasteiger partial charge in [-0.3, -0.25) is 4.99 Å². The molecule has 0 aromatic rings. The second-order valence-electron chi connectivity index (χ2n) is 3.24. The predicted molar refractivity (Wildman–Crippen MR) is 57.3 cm³/mol. The van der Waals surface area contributed by atoms with E-state index in [0.717, 1.165) is 20.1 Å². The van der Waals surface area contributed by atoms with E-state index in [4.69, 9.17) is 5.11 Å². The molecule has 0 spiro atoms. The number of esters is 1. The van der Waals surface area contributed by atoms with E-state index < -0.39 is 11.9 Å². The van der Waals surface area contributed by atoms with Crippen LogP contribution in [0.5, 0.6) is 0 Å². The van der Waals surface area contributed by atoms with Crippen LogP contribution in [-0.4, -0.2) is 43.5 Å². The topological polar surface area (TPSA) is 88.0 Å². The normalized spacial score (nSPS) is 19.6. The minimum Gasteiger partial charge on any atom is -0.477 e. The Morgan fingerprint density at radius 3 is 2.94 bits per heavy atom. The van der Waals surface area contributed by atoms with E-state index in [1.165, 1.54) is 0 Å². The summed E-state index contributed by atoms with van der Waals surface area (Å²) in [4.78, 5) is 26.2. The molecular formula is C10H14N2O4. The molecule has 0 aromatic heterocycles. The Balaban J connectivity index is 3.06. The lowest BCUT2D eigenvalue weighted by atomic mass is 10.1. The van der Waals surface area contributed by atoms with Crippen LogP contribution in [0, 0.1) is 0 Å². The number of allylic oxidation sites excluding steroid dienone is 1. The maximum absolute atomic E-state index is 11.3. The standard InChI is InChI=1S/C10H14N2O4/c1-16-10(15)8(9(13)14)7-3-2-4-11-5-6-12-7/h6,11H,2-5H2,1H3,(H,13,14). The fourth-order valence-corrected chi connectivity index (χ4v) is 1.39. The van der Waals surface area contributed by atoms with E-state index in [9.17, 15) is 9.59 Å². The zero-order valence-electron chi connectivity index (χ0n) is 9.02. The fraction of sp³-hybridized carbons (Fsp3) is 0.500. The third-order valence-electron chi connectivity index (χ3n) is 2.14. The highest BCUT2D eigenvalue weighted by Gasteiger charge is 2.23. The molecule has 1 aliphatic heterocycles.